The molecule has 0 amide bonds. The van der Waals surface area contributed by atoms with Crippen LogP contribution < -0.4 is 10.6 Å². The number of anilines is 1. The second-order valence-electron chi connectivity index (χ2n) is 7.12. The van der Waals surface area contributed by atoms with Gasteiger partial charge in [0.05, 0.1) is 5.69 Å². The van der Waals surface area contributed by atoms with E-state index in [9.17, 15) is 0 Å². The van der Waals surface area contributed by atoms with Crippen LogP contribution >= 0.6 is 11.3 Å². The molecule has 0 aliphatic heterocycles. The lowest BCUT2D eigenvalue weighted by Gasteiger charge is -2.26. The zero-order valence-electron chi connectivity index (χ0n) is 12.3. The first-order chi connectivity index (χ1) is 9.70. The van der Waals surface area contributed by atoms with Crippen LogP contribution in [0.1, 0.15) is 55.1 Å². The van der Waals surface area contributed by atoms with Gasteiger partial charge < -0.3 is 10.6 Å². The summed E-state index contributed by atoms with van der Waals surface area (Å²) in [5, 5.41) is 1.20. The van der Waals surface area contributed by atoms with Gasteiger partial charge >= 0.3 is 0 Å². The largest absolute Gasteiger partial charge is 0.351 e. The summed E-state index contributed by atoms with van der Waals surface area (Å²) in [5.74, 6) is 2.95. The Labute approximate surface area is 125 Å². The molecular weight excluding hydrogens is 266 g/mol. The van der Waals surface area contributed by atoms with Crippen molar-refractivity contribution in [3.8, 4) is 0 Å². The molecule has 3 nitrogen and oxygen atoms in total. The van der Waals surface area contributed by atoms with Crippen LogP contribution in [0.2, 0.25) is 0 Å². The topological polar surface area (TPSA) is 42.2 Å². The first kappa shape index (κ1) is 13.1. The molecule has 0 radical (unpaired) electrons. The van der Waals surface area contributed by atoms with Crippen LogP contribution in [0.25, 0.3) is 0 Å². The molecule has 20 heavy (non-hydrogen) atoms. The highest BCUT2D eigenvalue weighted by molar-refractivity contribution is 7.15. The monoisotopic (exact) mass is 291 g/mol. The van der Waals surface area contributed by atoms with Gasteiger partial charge in [-0.3, -0.25) is 0 Å². The lowest BCUT2D eigenvalue weighted by Crippen LogP contribution is -2.28. The predicted molar refractivity (Wildman–Crippen MR) is 84.2 cm³/mol. The molecule has 2 saturated carbocycles. The Morgan fingerprint density at radius 1 is 1.30 bits per heavy atom. The molecule has 4 unspecified atom stereocenters. The predicted octanol–water partition coefficient (Wildman–Crippen LogP) is 3.35. The summed E-state index contributed by atoms with van der Waals surface area (Å²) in [6, 6.07) is 0.237. The van der Waals surface area contributed by atoms with Crippen LogP contribution in [0.4, 0.5) is 5.13 Å². The molecule has 2 bridgehead atoms. The summed E-state index contributed by atoms with van der Waals surface area (Å²) < 4.78 is 0. The maximum Gasteiger partial charge on any atom is 0.185 e. The molecule has 4 atom stereocenters. The number of aromatic nitrogens is 1. The number of hydrogen-bond donors (Lipinski definition) is 1. The molecule has 1 aromatic heterocycles. The summed E-state index contributed by atoms with van der Waals surface area (Å²) in [4.78, 5) is 8.63. The fraction of sp³-hybridized carbons (Fsp3) is 0.812. The van der Waals surface area contributed by atoms with Gasteiger partial charge in [0.25, 0.3) is 0 Å². The molecular formula is C16H25N3S. The van der Waals surface area contributed by atoms with E-state index in [1.54, 1.807) is 0 Å². The average Bonchev–Trinajstić information content (AvgIpc) is 3.12. The third-order valence-corrected chi connectivity index (χ3v) is 7.05. The number of rotatable bonds is 3. The van der Waals surface area contributed by atoms with Gasteiger partial charge in [-0.1, -0.05) is 6.42 Å². The molecule has 0 aromatic carbocycles. The fourth-order valence-electron chi connectivity index (χ4n) is 4.63. The Balaban J connectivity index is 1.47. The lowest BCUT2D eigenvalue weighted by atomic mass is 9.88. The normalized spacial score (nSPS) is 35.3. The number of fused-ring (bicyclic) bond motifs is 3. The van der Waals surface area contributed by atoms with E-state index in [2.05, 4.69) is 11.9 Å². The van der Waals surface area contributed by atoms with E-state index >= 15 is 0 Å². The highest BCUT2D eigenvalue weighted by Crippen LogP contribution is 2.48. The van der Waals surface area contributed by atoms with Gasteiger partial charge in [0.15, 0.2) is 5.13 Å². The molecule has 0 spiro atoms. The zero-order chi connectivity index (χ0) is 13.7. The SMILES string of the molecule is CN(CC1CC2CCC1C2)c1nc2c(s1)C(N)CCC2. The molecule has 1 aromatic rings. The van der Waals surface area contributed by atoms with Gasteiger partial charge in [-0.2, -0.15) is 0 Å². The van der Waals surface area contributed by atoms with E-state index in [0.717, 1.165) is 30.6 Å². The third-order valence-electron chi connectivity index (χ3n) is 5.70. The minimum atomic E-state index is 0.237. The van der Waals surface area contributed by atoms with E-state index in [1.807, 2.05) is 11.3 Å². The van der Waals surface area contributed by atoms with E-state index in [-0.39, 0.29) is 6.04 Å². The minimum absolute atomic E-state index is 0.237. The molecule has 0 saturated heterocycles. The van der Waals surface area contributed by atoms with E-state index in [4.69, 9.17) is 10.7 Å². The first-order valence-corrected chi connectivity index (χ1v) is 8.98. The number of hydrogen-bond acceptors (Lipinski definition) is 4. The molecule has 3 aliphatic rings. The highest BCUT2D eigenvalue weighted by atomic mass is 32.1. The lowest BCUT2D eigenvalue weighted by molar-refractivity contribution is 0.337. The second-order valence-corrected chi connectivity index (χ2v) is 8.13. The van der Waals surface area contributed by atoms with Crippen molar-refractivity contribution >= 4 is 16.5 Å². The average molecular weight is 291 g/mol. The molecule has 2 N–H and O–H groups in total. The molecule has 4 rings (SSSR count). The van der Waals surface area contributed by atoms with Crippen molar-refractivity contribution in [3.63, 3.8) is 0 Å². The smallest absolute Gasteiger partial charge is 0.185 e. The summed E-state index contributed by atoms with van der Waals surface area (Å²) in [5.41, 5.74) is 7.51. The van der Waals surface area contributed by atoms with Crippen LogP contribution in [0.15, 0.2) is 0 Å². The van der Waals surface area contributed by atoms with Crippen molar-refractivity contribution in [2.75, 3.05) is 18.5 Å². The van der Waals surface area contributed by atoms with Crippen LogP contribution in [0.3, 0.4) is 0 Å². The second kappa shape index (κ2) is 4.99. The molecule has 1 heterocycles. The number of nitrogens with zero attached hydrogens (tertiary/aromatic N) is 2. The van der Waals surface area contributed by atoms with Crippen molar-refractivity contribution in [1.82, 2.24) is 4.98 Å². The zero-order valence-corrected chi connectivity index (χ0v) is 13.2. The van der Waals surface area contributed by atoms with E-state index < -0.39 is 0 Å². The van der Waals surface area contributed by atoms with Crippen molar-refractivity contribution in [2.45, 2.75) is 51.0 Å². The van der Waals surface area contributed by atoms with Gasteiger partial charge in [-0.05, 0) is 56.3 Å². The Kier molecular flexibility index (Phi) is 3.26. The van der Waals surface area contributed by atoms with Gasteiger partial charge in [-0.25, -0.2) is 4.98 Å². The van der Waals surface area contributed by atoms with Crippen LogP contribution in [0, 0.1) is 17.8 Å². The maximum atomic E-state index is 6.22. The van der Waals surface area contributed by atoms with Crippen molar-refractivity contribution in [3.05, 3.63) is 10.6 Å². The quantitative estimate of drug-likeness (QED) is 0.928. The number of aryl methyl sites for hydroxylation is 1. The van der Waals surface area contributed by atoms with Gasteiger partial charge in [0.1, 0.15) is 0 Å². The van der Waals surface area contributed by atoms with E-state index in [1.165, 1.54) is 54.4 Å². The Hall–Kier alpha value is -0.610. The molecule has 2 fully saturated rings. The van der Waals surface area contributed by atoms with Gasteiger partial charge in [0, 0.05) is 24.5 Å². The third kappa shape index (κ3) is 2.17. The Morgan fingerprint density at radius 3 is 2.90 bits per heavy atom. The molecule has 4 heteroatoms. The van der Waals surface area contributed by atoms with Crippen molar-refractivity contribution in [1.29, 1.82) is 0 Å². The van der Waals surface area contributed by atoms with E-state index in [0.29, 0.717) is 0 Å². The number of thiazole rings is 1. The Morgan fingerprint density at radius 2 is 2.20 bits per heavy atom. The van der Waals surface area contributed by atoms with Gasteiger partial charge in [-0.15, -0.1) is 11.3 Å². The van der Waals surface area contributed by atoms with Gasteiger partial charge in [0.2, 0.25) is 0 Å². The molecule has 110 valence electrons. The summed E-state index contributed by atoms with van der Waals surface area (Å²) in [7, 11) is 2.22. The highest BCUT2D eigenvalue weighted by Gasteiger charge is 2.40. The summed E-state index contributed by atoms with van der Waals surface area (Å²) >= 11 is 1.84. The van der Waals surface area contributed by atoms with Crippen LogP contribution in [-0.4, -0.2) is 18.6 Å². The summed E-state index contributed by atoms with van der Waals surface area (Å²) in [6.45, 7) is 1.20. The number of nitrogens with two attached hydrogens (primary N) is 1. The maximum absolute atomic E-state index is 6.22. The fourth-order valence-corrected chi connectivity index (χ4v) is 5.75. The molecule has 3 aliphatic carbocycles. The minimum Gasteiger partial charge on any atom is -0.351 e. The van der Waals surface area contributed by atoms with Crippen LogP contribution in [-0.2, 0) is 6.42 Å². The summed E-state index contributed by atoms with van der Waals surface area (Å²) in [6.07, 6.45) is 9.38. The van der Waals surface area contributed by atoms with Crippen molar-refractivity contribution in [2.24, 2.45) is 23.5 Å². The van der Waals surface area contributed by atoms with Crippen molar-refractivity contribution < 1.29 is 0 Å². The Bertz CT molecular complexity index is 498. The standard InChI is InChI=1S/C16H25N3S/c1-19(9-12-8-10-5-6-11(12)7-10)16-18-14-4-2-3-13(17)15(14)20-16/h10-13H,2-9,17H2,1H3. The first-order valence-electron chi connectivity index (χ1n) is 8.17. The van der Waals surface area contributed by atoms with Crippen LogP contribution in [0.5, 0.6) is 0 Å².